The maximum Gasteiger partial charge on any atom is 0.409 e. The fourth-order valence-electron chi connectivity index (χ4n) is 4.24. The summed E-state index contributed by atoms with van der Waals surface area (Å²) in [7, 11) is 0. The topological polar surface area (TPSA) is 50.8 Å². The number of nitrogens with zero attached hydrogens (tertiary/aromatic N) is 1. The van der Waals surface area contributed by atoms with Crippen molar-refractivity contribution in [3.05, 3.63) is 0 Å². The van der Waals surface area contributed by atoms with Crippen molar-refractivity contribution in [1.29, 1.82) is 0 Å². The fraction of sp³-hybridized carbons (Fsp3) is 0.944. The SMILES string of the molecule is CC(C)COC(=O)N1CCC(N[C@@H]2CCC[C@@H]3OCC[C@H]32)CC1. The molecule has 0 aromatic rings. The number of hydrogen-bond acceptors (Lipinski definition) is 4. The van der Waals surface area contributed by atoms with E-state index in [9.17, 15) is 4.79 Å². The van der Waals surface area contributed by atoms with Crippen LogP contribution in [-0.4, -0.2) is 55.5 Å². The highest BCUT2D eigenvalue weighted by Gasteiger charge is 2.38. The van der Waals surface area contributed by atoms with Crippen molar-refractivity contribution in [3.63, 3.8) is 0 Å². The van der Waals surface area contributed by atoms with Gasteiger partial charge < -0.3 is 19.7 Å². The third-order valence-corrected chi connectivity index (χ3v) is 5.52. The van der Waals surface area contributed by atoms with E-state index < -0.39 is 0 Å². The van der Waals surface area contributed by atoms with E-state index in [2.05, 4.69) is 19.2 Å². The van der Waals surface area contributed by atoms with Crippen LogP contribution in [0.15, 0.2) is 0 Å². The number of amides is 1. The molecule has 1 N–H and O–H groups in total. The molecule has 0 aromatic carbocycles. The molecule has 5 heteroatoms. The fourth-order valence-corrected chi connectivity index (χ4v) is 4.24. The zero-order valence-corrected chi connectivity index (χ0v) is 14.6. The maximum absolute atomic E-state index is 12.0. The number of hydrogen-bond donors (Lipinski definition) is 1. The van der Waals surface area contributed by atoms with Crippen LogP contribution in [0.5, 0.6) is 0 Å². The standard InChI is InChI=1S/C18H32N2O3/c1-13(2)12-23-18(21)20-9-6-14(7-10-20)19-16-4-3-5-17-15(16)8-11-22-17/h13-17,19H,3-12H2,1-2H3/t15-,16+,17-/m0/s1. The Hall–Kier alpha value is -0.810. The third-order valence-electron chi connectivity index (χ3n) is 5.52. The minimum atomic E-state index is -0.140. The molecule has 0 spiro atoms. The smallest absolute Gasteiger partial charge is 0.409 e. The Bertz CT molecular complexity index is 394. The van der Waals surface area contributed by atoms with Crippen LogP contribution in [0.4, 0.5) is 4.79 Å². The van der Waals surface area contributed by atoms with E-state index in [0.717, 1.165) is 32.5 Å². The lowest BCUT2D eigenvalue weighted by Gasteiger charge is -2.39. The van der Waals surface area contributed by atoms with Gasteiger partial charge >= 0.3 is 6.09 Å². The average molecular weight is 324 g/mol. The lowest BCUT2D eigenvalue weighted by Crippen LogP contribution is -2.51. The zero-order valence-electron chi connectivity index (χ0n) is 14.6. The molecule has 5 nitrogen and oxygen atoms in total. The first-order valence-electron chi connectivity index (χ1n) is 9.43. The Morgan fingerprint density at radius 2 is 2.00 bits per heavy atom. The van der Waals surface area contributed by atoms with Crippen molar-refractivity contribution < 1.29 is 14.3 Å². The van der Waals surface area contributed by atoms with Crippen molar-refractivity contribution in [1.82, 2.24) is 10.2 Å². The number of likely N-dealkylation sites (tertiary alicyclic amines) is 1. The molecule has 2 saturated heterocycles. The number of carbonyl (C=O) groups is 1. The van der Waals surface area contributed by atoms with Crippen LogP contribution in [0.2, 0.25) is 0 Å². The van der Waals surface area contributed by atoms with E-state index in [1.807, 2.05) is 4.90 Å². The number of carbonyl (C=O) groups excluding carboxylic acids is 1. The van der Waals surface area contributed by atoms with Crippen molar-refractivity contribution in [2.24, 2.45) is 11.8 Å². The van der Waals surface area contributed by atoms with Gasteiger partial charge in [-0.3, -0.25) is 0 Å². The second kappa shape index (κ2) is 7.84. The molecule has 1 saturated carbocycles. The highest BCUT2D eigenvalue weighted by Crippen LogP contribution is 2.35. The Kier molecular flexibility index (Phi) is 5.81. The summed E-state index contributed by atoms with van der Waals surface area (Å²) in [5.41, 5.74) is 0. The van der Waals surface area contributed by atoms with Crippen molar-refractivity contribution in [2.75, 3.05) is 26.3 Å². The predicted octanol–water partition coefficient (Wildman–Crippen LogP) is 2.79. The monoisotopic (exact) mass is 324 g/mol. The molecular weight excluding hydrogens is 292 g/mol. The van der Waals surface area contributed by atoms with Crippen LogP contribution in [0.3, 0.4) is 0 Å². The van der Waals surface area contributed by atoms with Crippen molar-refractivity contribution in [3.8, 4) is 0 Å². The van der Waals surface area contributed by atoms with E-state index in [1.54, 1.807) is 0 Å². The number of piperidine rings is 1. The minimum Gasteiger partial charge on any atom is -0.449 e. The van der Waals surface area contributed by atoms with Gasteiger partial charge in [-0.05, 0) is 44.4 Å². The van der Waals surface area contributed by atoms with Crippen LogP contribution < -0.4 is 5.32 Å². The summed E-state index contributed by atoms with van der Waals surface area (Å²) >= 11 is 0. The number of rotatable bonds is 4. The zero-order chi connectivity index (χ0) is 16.2. The molecule has 0 unspecified atom stereocenters. The maximum atomic E-state index is 12.0. The van der Waals surface area contributed by atoms with E-state index in [0.29, 0.717) is 36.6 Å². The van der Waals surface area contributed by atoms with Gasteiger partial charge in [-0.1, -0.05) is 13.8 Å². The van der Waals surface area contributed by atoms with Gasteiger partial charge in [0.15, 0.2) is 0 Å². The summed E-state index contributed by atoms with van der Waals surface area (Å²) in [6, 6.07) is 1.15. The highest BCUT2D eigenvalue weighted by molar-refractivity contribution is 5.67. The molecule has 0 radical (unpaired) electrons. The van der Waals surface area contributed by atoms with Crippen molar-refractivity contribution >= 4 is 6.09 Å². The summed E-state index contributed by atoms with van der Waals surface area (Å²) in [6.45, 7) is 7.20. The summed E-state index contributed by atoms with van der Waals surface area (Å²) in [6.07, 6.45) is 7.43. The summed E-state index contributed by atoms with van der Waals surface area (Å²) < 4.78 is 11.2. The Labute approximate surface area is 140 Å². The van der Waals surface area contributed by atoms with Crippen molar-refractivity contribution in [2.45, 2.75) is 70.6 Å². The Morgan fingerprint density at radius 1 is 1.22 bits per heavy atom. The molecule has 2 heterocycles. The van der Waals surface area contributed by atoms with E-state index in [-0.39, 0.29) is 6.09 Å². The lowest BCUT2D eigenvalue weighted by molar-refractivity contribution is 0.0472. The van der Waals surface area contributed by atoms with Crippen LogP contribution >= 0.6 is 0 Å². The third kappa shape index (κ3) is 4.38. The van der Waals surface area contributed by atoms with Gasteiger partial charge in [0.1, 0.15) is 0 Å². The molecule has 3 rings (SSSR count). The quantitative estimate of drug-likeness (QED) is 0.864. The van der Waals surface area contributed by atoms with Gasteiger partial charge in [0, 0.05) is 37.7 Å². The molecule has 132 valence electrons. The van der Waals surface area contributed by atoms with Crippen LogP contribution in [-0.2, 0) is 9.47 Å². The second-order valence-electron chi connectivity index (χ2n) is 7.80. The summed E-state index contributed by atoms with van der Waals surface area (Å²) in [5.74, 6) is 1.10. The largest absolute Gasteiger partial charge is 0.449 e. The number of nitrogens with one attached hydrogen (secondary N) is 1. The average Bonchev–Trinajstić information content (AvgIpc) is 3.03. The van der Waals surface area contributed by atoms with Crippen LogP contribution in [0.25, 0.3) is 0 Å². The molecule has 0 bridgehead atoms. The first-order valence-corrected chi connectivity index (χ1v) is 9.43. The second-order valence-corrected chi connectivity index (χ2v) is 7.80. The highest BCUT2D eigenvalue weighted by atomic mass is 16.6. The first kappa shape index (κ1) is 17.0. The molecular formula is C18H32N2O3. The number of fused-ring (bicyclic) bond motifs is 1. The van der Waals surface area contributed by atoms with E-state index in [1.165, 1.54) is 25.7 Å². The van der Waals surface area contributed by atoms with Gasteiger partial charge in [0.05, 0.1) is 12.7 Å². The van der Waals surface area contributed by atoms with Crippen LogP contribution in [0, 0.1) is 11.8 Å². The first-order chi connectivity index (χ1) is 11.1. The van der Waals surface area contributed by atoms with E-state index in [4.69, 9.17) is 9.47 Å². The number of ether oxygens (including phenoxy) is 2. The van der Waals surface area contributed by atoms with Gasteiger partial charge in [-0.25, -0.2) is 4.79 Å². The predicted molar refractivity (Wildman–Crippen MR) is 89.4 cm³/mol. The molecule has 3 fully saturated rings. The lowest BCUT2D eigenvalue weighted by atomic mass is 9.81. The van der Waals surface area contributed by atoms with Gasteiger partial charge in [0.25, 0.3) is 0 Å². The molecule has 3 atom stereocenters. The Balaban J connectivity index is 1.41. The Morgan fingerprint density at radius 3 is 2.74 bits per heavy atom. The molecule has 3 aliphatic rings. The molecule has 1 amide bonds. The summed E-state index contributed by atoms with van der Waals surface area (Å²) in [4.78, 5) is 13.9. The minimum absolute atomic E-state index is 0.140. The molecule has 2 aliphatic heterocycles. The summed E-state index contributed by atoms with van der Waals surface area (Å²) in [5, 5.41) is 3.88. The molecule has 23 heavy (non-hydrogen) atoms. The van der Waals surface area contributed by atoms with Gasteiger partial charge in [-0.2, -0.15) is 0 Å². The molecule has 0 aromatic heterocycles. The molecule has 1 aliphatic carbocycles. The van der Waals surface area contributed by atoms with E-state index >= 15 is 0 Å². The van der Waals surface area contributed by atoms with Gasteiger partial charge in [-0.15, -0.1) is 0 Å². The van der Waals surface area contributed by atoms with Gasteiger partial charge in [0.2, 0.25) is 0 Å². The normalized spacial score (nSPS) is 32.1. The van der Waals surface area contributed by atoms with Crippen LogP contribution in [0.1, 0.15) is 52.4 Å².